The predicted molar refractivity (Wildman–Crippen MR) is 77.2 cm³/mol. The van der Waals surface area contributed by atoms with Crippen LogP contribution in [0.2, 0.25) is 0 Å². The van der Waals surface area contributed by atoms with Gasteiger partial charge in [-0.15, -0.1) is 0 Å². The van der Waals surface area contributed by atoms with Gasteiger partial charge in [0.2, 0.25) is 0 Å². The number of pyridine rings is 1. The van der Waals surface area contributed by atoms with Crippen LogP contribution in [0.15, 0.2) is 12.3 Å². The maximum absolute atomic E-state index is 10.3. The van der Waals surface area contributed by atoms with Crippen molar-refractivity contribution in [3.63, 3.8) is 0 Å². The molecule has 2 heterocycles. The molecule has 0 atom stereocenters. The van der Waals surface area contributed by atoms with Gasteiger partial charge >= 0.3 is 0 Å². The average molecular weight is 261 g/mol. The Morgan fingerprint density at radius 2 is 1.84 bits per heavy atom. The SMILES string of the molecule is CC(C)c1cc2cn(C(C)C)nc2nc1C(C)(C)O. The van der Waals surface area contributed by atoms with Gasteiger partial charge in [0, 0.05) is 17.6 Å². The van der Waals surface area contributed by atoms with Crippen molar-refractivity contribution in [1.82, 2.24) is 14.8 Å². The first-order valence-electron chi connectivity index (χ1n) is 6.82. The summed E-state index contributed by atoms with van der Waals surface area (Å²) < 4.78 is 1.91. The second-order valence-electron chi connectivity index (χ2n) is 6.26. The third-order valence-corrected chi connectivity index (χ3v) is 3.27. The van der Waals surface area contributed by atoms with E-state index in [1.807, 2.05) is 10.9 Å². The van der Waals surface area contributed by atoms with Crippen molar-refractivity contribution in [2.45, 2.75) is 59.1 Å². The van der Waals surface area contributed by atoms with E-state index in [2.05, 4.69) is 43.8 Å². The highest BCUT2D eigenvalue weighted by Crippen LogP contribution is 2.30. The summed E-state index contributed by atoms with van der Waals surface area (Å²) in [5.74, 6) is 0.320. The Kier molecular flexibility index (Phi) is 3.39. The molecular formula is C15H23N3O. The fraction of sp³-hybridized carbons (Fsp3) is 0.600. The summed E-state index contributed by atoms with van der Waals surface area (Å²) in [7, 11) is 0. The van der Waals surface area contributed by atoms with Crippen molar-refractivity contribution in [1.29, 1.82) is 0 Å². The van der Waals surface area contributed by atoms with E-state index in [0.717, 1.165) is 16.6 Å². The molecule has 0 bridgehead atoms. The van der Waals surface area contributed by atoms with Crippen LogP contribution < -0.4 is 0 Å². The Hall–Kier alpha value is -1.42. The van der Waals surface area contributed by atoms with Crippen molar-refractivity contribution in [3.05, 3.63) is 23.5 Å². The molecule has 2 aromatic heterocycles. The van der Waals surface area contributed by atoms with Gasteiger partial charge in [0.15, 0.2) is 5.65 Å². The Balaban J connectivity index is 2.70. The maximum Gasteiger partial charge on any atom is 0.181 e. The van der Waals surface area contributed by atoms with Gasteiger partial charge in [0.05, 0.1) is 5.69 Å². The largest absolute Gasteiger partial charge is 0.384 e. The van der Waals surface area contributed by atoms with Crippen LogP contribution in [0.5, 0.6) is 0 Å². The second kappa shape index (κ2) is 4.60. The maximum atomic E-state index is 10.3. The van der Waals surface area contributed by atoms with Crippen molar-refractivity contribution in [2.75, 3.05) is 0 Å². The van der Waals surface area contributed by atoms with E-state index >= 15 is 0 Å². The molecule has 4 nitrogen and oxygen atoms in total. The summed E-state index contributed by atoms with van der Waals surface area (Å²) in [6.07, 6.45) is 2.02. The Morgan fingerprint density at radius 1 is 1.21 bits per heavy atom. The zero-order chi connectivity index (χ0) is 14.4. The molecule has 0 saturated heterocycles. The first-order chi connectivity index (χ1) is 8.70. The second-order valence-corrected chi connectivity index (χ2v) is 6.26. The molecule has 0 amide bonds. The molecule has 0 aliphatic heterocycles. The zero-order valence-corrected chi connectivity index (χ0v) is 12.6. The van der Waals surface area contributed by atoms with Gasteiger partial charge in [-0.05, 0) is 45.2 Å². The van der Waals surface area contributed by atoms with E-state index in [1.165, 1.54) is 0 Å². The highest BCUT2D eigenvalue weighted by atomic mass is 16.3. The Bertz CT molecular complexity index is 591. The lowest BCUT2D eigenvalue weighted by molar-refractivity contribution is 0.0728. The standard InChI is InChI=1S/C15H23N3O/c1-9(2)12-7-11-8-18(10(3)4)17-14(11)16-13(12)15(5,6)19/h7-10,19H,1-6H3. The molecule has 1 N–H and O–H groups in total. The summed E-state index contributed by atoms with van der Waals surface area (Å²) in [6.45, 7) is 12.0. The zero-order valence-electron chi connectivity index (χ0n) is 12.6. The molecule has 0 saturated carbocycles. The Labute approximate surface area is 114 Å². The molecule has 4 heteroatoms. The third kappa shape index (κ3) is 2.63. The predicted octanol–water partition coefficient (Wildman–Crippen LogP) is 3.36. The molecule has 19 heavy (non-hydrogen) atoms. The average Bonchev–Trinajstić information content (AvgIpc) is 2.68. The highest BCUT2D eigenvalue weighted by molar-refractivity contribution is 5.75. The van der Waals surface area contributed by atoms with Gasteiger partial charge < -0.3 is 5.11 Å². The van der Waals surface area contributed by atoms with Crippen LogP contribution in [0.1, 0.15) is 64.8 Å². The molecule has 2 aromatic rings. The van der Waals surface area contributed by atoms with E-state index in [9.17, 15) is 5.11 Å². The van der Waals surface area contributed by atoms with E-state index < -0.39 is 5.60 Å². The minimum Gasteiger partial charge on any atom is -0.384 e. The van der Waals surface area contributed by atoms with Crippen LogP contribution in [0.3, 0.4) is 0 Å². The van der Waals surface area contributed by atoms with Crippen LogP contribution >= 0.6 is 0 Å². The lowest BCUT2D eigenvalue weighted by atomic mass is 9.92. The number of fused-ring (bicyclic) bond motifs is 1. The summed E-state index contributed by atoms with van der Waals surface area (Å²) in [4.78, 5) is 4.59. The number of rotatable bonds is 3. The van der Waals surface area contributed by atoms with Crippen molar-refractivity contribution in [3.8, 4) is 0 Å². The number of aliphatic hydroxyl groups is 1. The molecule has 0 aliphatic rings. The fourth-order valence-corrected chi connectivity index (χ4v) is 2.19. The quantitative estimate of drug-likeness (QED) is 0.921. The normalized spacial score (nSPS) is 12.9. The van der Waals surface area contributed by atoms with Crippen LogP contribution in [0.25, 0.3) is 11.0 Å². The first kappa shape index (κ1) is 14.0. The minimum absolute atomic E-state index is 0.308. The molecular weight excluding hydrogens is 238 g/mol. The van der Waals surface area contributed by atoms with Crippen molar-refractivity contribution >= 4 is 11.0 Å². The summed E-state index contributed by atoms with van der Waals surface area (Å²) in [5.41, 5.74) is 1.57. The summed E-state index contributed by atoms with van der Waals surface area (Å²) in [5, 5.41) is 15.8. The van der Waals surface area contributed by atoms with Crippen molar-refractivity contribution < 1.29 is 5.11 Å². The van der Waals surface area contributed by atoms with Gasteiger partial charge in [0.25, 0.3) is 0 Å². The molecule has 0 fully saturated rings. The smallest absolute Gasteiger partial charge is 0.181 e. The fourth-order valence-electron chi connectivity index (χ4n) is 2.19. The van der Waals surface area contributed by atoms with E-state index in [1.54, 1.807) is 13.8 Å². The monoisotopic (exact) mass is 261 g/mol. The summed E-state index contributed by atoms with van der Waals surface area (Å²) >= 11 is 0. The van der Waals surface area contributed by atoms with E-state index in [-0.39, 0.29) is 0 Å². The topological polar surface area (TPSA) is 50.9 Å². The van der Waals surface area contributed by atoms with Crippen LogP contribution in [0.4, 0.5) is 0 Å². The lowest BCUT2D eigenvalue weighted by Gasteiger charge is -2.22. The van der Waals surface area contributed by atoms with E-state index in [4.69, 9.17) is 0 Å². The van der Waals surface area contributed by atoms with Crippen LogP contribution in [0, 0.1) is 0 Å². The summed E-state index contributed by atoms with van der Waals surface area (Å²) in [6, 6.07) is 2.41. The minimum atomic E-state index is -0.949. The van der Waals surface area contributed by atoms with Gasteiger partial charge in [0.1, 0.15) is 5.60 Å². The third-order valence-electron chi connectivity index (χ3n) is 3.27. The first-order valence-corrected chi connectivity index (χ1v) is 6.82. The molecule has 2 rings (SSSR count). The number of hydrogen-bond donors (Lipinski definition) is 1. The molecule has 0 unspecified atom stereocenters. The molecule has 0 aliphatic carbocycles. The van der Waals surface area contributed by atoms with Crippen LogP contribution in [-0.4, -0.2) is 19.9 Å². The number of hydrogen-bond acceptors (Lipinski definition) is 3. The van der Waals surface area contributed by atoms with Gasteiger partial charge in [-0.25, -0.2) is 4.98 Å². The number of nitrogens with zero attached hydrogens (tertiary/aromatic N) is 3. The molecule has 0 radical (unpaired) electrons. The molecule has 0 aromatic carbocycles. The lowest BCUT2D eigenvalue weighted by Crippen LogP contribution is -2.20. The van der Waals surface area contributed by atoms with Gasteiger partial charge in [-0.2, -0.15) is 5.10 Å². The van der Waals surface area contributed by atoms with Gasteiger partial charge in [-0.3, -0.25) is 4.68 Å². The molecule has 104 valence electrons. The highest BCUT2D eigenvalue weighted by Gasteiger charge is 2.24. The van der Waals surface area contributed by atoms with Crippen LogP contribution in [-0.2, 0) is 5.60 Å². The Morgan fingerprint density at radius 3 is 2.32 bits per heavy atom. The van der Waals surface area contributed by atoms with Gasteiger partial charge in [-0.1, -0.05) is 13.8 Å². The van der Waals surface area contributed by atoms with Crippen molar-refractivity contribution in [2.24, 2.45) is 0 Å². The molecule has 0 spiro atoms. The number of aromatic nitrogens is 3. The van der Waals surface area contributed by atoms with E-state index in [0.29, 0.717) is 17.6 Å².